The maximum atomic E-state index is 12.5. The van der Waals surface area contributed by atoms with Gasteiger partial charge in [-0.15, -0.1) is 6.58 Å². The van der Waals surface area contributed by atoms with Crippen molar-refractivity contribution in [3.63, 3.8) is 0 Å². The van der Waals surface area contributed by atoms with Crippen molar-refractivity contribution < 1.29 is 13.2 Å². The molecule has 0 aromatic heterocycles. The Kier molecular flexibility index (Phi) is 5.33. The molecule has 1 aromatic rings. The zero-order valence-electron chi connectivity index (χ0n) is 12.6. The lowest BCUT2D eigenvalue weighted by atomic mass is 10.1. The average molecular weight is 323 g/mol. The van der Waals surface area contributed by atoms with Crippen molar-refractivity contribution >= 4 is 15.9 Å². The summed E-state index contributed by atoms with van der Waals surface area (Å²) in [6, 6.07) is 6.24. The lowest BCUT2D eigenvalue weighted by Gasteiger charge is -2.24. The van der Waals surface area contributed by atoms with Crippen molar-refractivity contribution in [2.45, 2.75) is 17.4 Å². The number of benzene rings is 1. The molecular weight excluding hydrogens is 302 g/mol. The topological polar surface area (TPSA) is 78.5 Å². The number of nitrogens with zero attached hydrogens (tertiary/aromatic N) is 1. The summed E-state index contributed by atoms with van der Waals surface area (Å²) >= 11 is 0. The van der Waals surface area contributed by atoms with Gasteiger partial charge < -0.3 is 10.2 Å². The number of hydrogen-bond acceptors (Lipinski definition) is 4. The van der Waals surface area contributed by atoms with Gasteiger partial charge in [-0.2, -0.15) is 0 Å². The van der Waals surface area contributed by atoms with Gasteiger partial charge in [0.05, 0.1) is 4.90 Å². The molecule has 7 heteroatoms. The Balaban J connectivity index is 2.20. The highest BCUT2D eigenvalue weighted by molar-refractivity contribution is 7.89. The minimum Gasteiger partial charge on any atom is -0.337 e. The third-order valence-electron chi connectivity index (χ3n) is 3.71. The molecule has 1 aliphatic rings. The van der Waals surface area contributed by atoms with E-state index in [1.807, 2.05) is 0 Å². The maximum Gasteiger partial charge on any atom is 0.253 e. The molecule has 22 heavy (non-hydrogen) atoms. The van der Waals surface area contributed by atoms with Crippen LogP contribution in [-0.2, 0) is 10.0 Å². The SMILES string of the molecule is C=CCNS(=O)(=O)c1cccc(C(=O)N(C)C2CCNC2)c1. The van der Waals surface area contributed by atoms with Gasteiger partial charge in [-0.1, -0.05) is 12.1 Å². The fourth-order valence-electron chi connectivity index (χ4n) is 2.39. The molecule has 6 nitrogen and oxygen atoms in total. The Morgan fingerprint density at radius 3 is 2.95 bits per heavy atom. The summed E-state index contributed by atoms with van der Waals surface area (Å²) in [6.07, 6.45) is 2.37. The minimum atomic E-state index is -3.63. The molecule has 1 aromatic carbocycles. The molecule has 1 heterocycles. The van der Waals surface area contributed by atoms with Gasteiger partial charge >= 0.3 is 0 Å². The van der Waals surface area contributed by atoms with Crippen LogP contribution in [-0.4, -0.2) is 51.9 Å². The van der Waals surface area contributed by atoms with E-state index in [4.69, 9.17) is 0 Å². The molecule has 1 saturated heterocycles. The molecule has 0 saturated carbocycles. The number of amides is 1. The monoisotopic (exact) mass is 323 g/mol. The lowest BCUT2D eigenvalue weighted by molar-refractivity contribution is 0.0743. The smallest absolute Gasteiger partial charge is 0.253 e. The highest BCUT2D eigenvalue weighted by Crippen LogP contribution is 2.15. The summed E-state index contributed by atoms with van der Waals surface area (Å²) in [5, 5.41) is 3.21. The fraction of sp³-hybridized carbons (Fsp3) is 0.400. The molecule has 0 radical (unpaired) electrons. The van der Waals surface area contributed by atoms with E-state index in [0.29, 0.717) is 5.56 Å². The van der Waals surface area contributed by atoms with E-state index < -0.39 is 10.0 Å². The second-order valence-corrected chi connectivity index (χ2v) is 7.00. The van der Waals surface area contributed by atoms with Crippen molar-refractivity contribution in [1.29, 1.82) is 0 Å². The summed E-state index contributed by atoms with van der Waals surface area (Å²) in [5.74, 6) is -0.172. The third kappa shape index (κ3) is 3.73. The van der Waals surface area contributed by atoms with Crippen LogP contribution in [0.2, 0.25) is 0 Å². The predicted molar refractivity (Wildman–Crippen MR) is 85.2 cm³/mol. The third-order valence-corrected chi connectivity index (χ3v) is 5.13. The standard InChI is InChI=1S/C15H21N3O3S/c1-3-8-17-22(20,21)14-6-4-5-12(10-14)15(19)18(2)13-7-9-16-11-13/h3-6,10,13,16-17H,1,7-9,11H2,2H3. The molecular formula is C15H21N3O3S. The molecule has 2 rings (SSSR count). The molecule has 1 unspecified atom stereocenters. The summed E-state index contributed by atoms with van der Waals surface area (Å²) < 4.78 is 26.6. The quantitative estimate of drug-likeness (QED) is 0.751. The molecule has 0 bridgehead atoms. The van der Waals surface area contributed by atoms with Crippen molar-refractivity contribution in [3.05, 3.63) is 42.5 Å². The van der Waals surface area contributed by atoms with Crippen molar-refractivity contribution in [3.8, 4) is 0 Å². The summed E-state index contributed by atoms with van der Waals surface area (Å²) in [7, 11) is -1.88. The van der Waals surface area contributed by atoms with E-state index in [-0.39, 0.29) is 23.4 Å². The molecule has 1 atom stereocenters. The van der Waals surface area contributed by atoms with Crippen LogP contribution in [0.3, 0.4) is 0 Å². The van der Waals surface area contributed by atoms with E-state index in [1.165, 1.54) is 18.2 Å². The fourth-order valence-corrected chi connectivity index (χ4v) is 3.43. The van der Waals surface area contributed by atoms with E-state index >= 15 is 0 Å². The Bertz CT molecular complexity index is 652. The van der Waals surface area contributed by atoms with Gasteiger partial charge in [-0.25, -0.2) is 13.1 Å². The zero-order chi connectivity index (χ0) is 16.2. The molecule has 0 aliphatic carbocycles. The zero-order valence-corrected chi connectivity index (χ0v) is 13.4. The predicted octanol–water partition coefficient (Wildman–Crippen LogP) is 0.585. The number of rotatable bonds is 6. The van der Waals surface area contributed by atoms with Gasteiger partial charge in [0.25, 0.3) is 5.91 Å². The molecule has 1 amide bonds. The van der Waals surface area contributed by atoms with Gasteiger partial charge in [-0.05, 0) is 31.2 Å². The average Bonchev–Trinajstić information content (AvgIpc) is 3.06. The summed E-state index contributed by atoms with van der Waals surface area (Å²) in [5.41, 5.74) is 0.371. The number of likely N-dealkylation sites (N-methyl/N-ethyl adjacent to an activating group) is 1. The Morgan fingerprint density at radius 2 is 2.32 bits per heavy atom. The minimum absolute atomic E-state index is 0.0816. The first kappa shape index (κ1) is 16.7. The van der Waals surface area contributed by atoms with Gasteiger partial charge in [-0.3, -0.25) is 4.79 Å². The largest absolute Gasteiger partial charge is 0.337 e. The first-order valence-corrected chi connectivity index (χ1v) is 8.62. The lowest BCUT2D eigenvalue weighted by Crippen LogP contribution is -2.38. The van der Waals surface area contributed by atoms with E-state index in [0.717, 1.165) is 19.5 Å². The first-order valence-electron chi connectivity index (χ1n) is 7.14. The maximum absolute atomic E-state index is 12.5. The van der Waals surface area contributed by atoms with Gasteiger partial charge in [0, 0.05) is 31.7 Å². The van der Waals surface area contributed by atoms with E-state index in [2.05, 4.69) is 16.6 Å². The van der Waals surface area contributed by atoms with Crippen LogP contribution in [0, 0.1) is 0 Å². The highest BCUT2D eigenvalue weighted by Gasteiger charge is 2.25. The van der Waals surface area contributed by atoms with Crippen molar-refractivity contribution in [1.82, 2.24) is 14.9 Å². The van der Waals surface area contributed by atoms with Crippen LogP contribution in [0.25, 0.3) is 0 Å². The summed E-state index contributed by atoms with van der Waals surface area (Å²) in [4.78, 5) is 14.2. The van der Waals surface area contributed by atoms with Gasteiger partial charge in [0.2, 0.25) is 10.0 Å². The number of carbonyl (C=O) groups is 1. The Labute approximate surface area is 131 Å². The van der Waals surface area contributed by atoms with Crippen molar-refractivity contribution in [2.75, 3.05) is 26.7 Å². The Hall–Kier alpha value is -1.70. The van der Waals surface area contributed by atoms with Crippen molar-refractivity contribution in [2.24, 2.45) is 0 Å². The highest BCUT2D eigenvalue weighted by atomic mass is 32.2. The van der Waals surface area contributed by atoms with Gasteiger partial charge in [0.15, 0.2) is 0 Å². The molecule has 120 valence electrons. The summed E-state index contributed by atoms with van der Waals surface area (Å²) in [6.45, 7) is 5.28. The van der Waals surface area contributed by atoms with Gasteiger partial charge in [0.1, 0.15) is 0 Å². The second kappa shape index (κ2) is 7.04. The normalized spacial score (nSPS) is 18.1. The van der Waals surface area contributed by atoms with E-state index in [1.54, 1.807) is 24.1 Å². The van der Waals surface area contributed by atoms with Crippen LogP contribution in [0.15, 0.2) is 41.8 Å². The number of hydrogen-bond donors (Lipinski definition) is 2. The number of nitrogens with one attached hydrogen (secondary N) is 2. The van der Waals surface area contributed by atoms with E-state index in [9.17, 15) is 13.2 Å². The number of sulfonamides is 1. The molecule has 1 aliphatic heterocycles. The van der Waals surface area contributed by atoms with Crippen LogP contribution >= 0.6 is 0 Å². The van der Waals surface area contributed by atoms with Crippen LogP contribution in [0.1, 0.15) is 16.8 Å². The molecule has 2 N–H and O–H groups in total. The first-order chi connectivity index (χ1) is 10.5. The molecule has 1 fully saturated rings. The van der Waals surface area contributed by atoms with Crippen LogP contribution in [0.4, 0.5) is 0 Å². The Morgan fingerprint density at radius 1 is 1.55 bits per heavy atom. The van der Waals surface area contributed by atoms with Crippen LogP contribution < -0.4 is 10.0 Å². The second-order valence-electron chi connectivity index (χ2n) is 5.23. The van der Waals surface area contributed by atoms with Crippen LogP contribution in [0.5, 0.6) is 0 Å². The molecule has 0 spiro atoms. The number of carbonyl (C=O) groups excluding carboxylic acids is 1.